The molecule has 0 spiro atoms. The first-order chi connectivity index (χ1) is 14.8. The number of pyridine rings is 1. The van der Waals surface area contributed by atoms with Gasteiger partial charge in [0.05, 0.1) is 12.6 Å². The number of halogens is 3. The highest BCUT2D eigenvalue weighted by Gasteiger charge is 2.34. The zero-order valence-electron chi connectivity index (χ0n) is 17.8. The van der Waals surface area contributed by atoms with E-state index in [0.717, 1.165) is 11.1 Å². The van der Waals surface area contributed by atoms with Gasteiger partial charge >= 0.3 is 0 Å². The molecule has 2 aliphatic rings. The molecule has 1 aromatic heterocycles. The molecule has 1 fully saturated rings. The molecular formula is C23H27F3N4O. The van der Waals surface area contributed by atoms with Crippen molar-refractivity contribution in [3.63, 3.8) is 0 Å². The first-order valence-electron chi connectivity index (χ1n) is 10.7. The number of benzene rings is 1. The van der Waals surface area contributed by atoms with Gasteiger partial charge < -0.3 is 10.2 Å². The van der Waals surface area contributed by atoms with Crippen molar-refractivity contribution in [3.8, 4) is 0 Å². The van der Waals surface area contributed by atoms with Crippen molar-refractivity contribution < 1.29 is 18.0 Å². The standard InChI is InChI=1S/C23H27F3N4O/c1-3-30-14-19-18(22(30)31)6-9-27-21(19)28-15(2)16-4-5-17(20(24)12-16)13-29-10-7-23(25,26)8-11-29/h4-6,9,12,15H,3,7-8,10-11,13-14H2,1-2H3,(H,27,28). The van der Waals surface area contributed by atoms with E-state index >= 15 is 0 Å². The van der Waals surface area contributed by atoms with Gasteiger partial charge in [0, 0.05) is 61.9 Å². The van der Waals surface area contributed by atoms with Crippen molar-refractivity contribution in [2.24, 2.45) is 0 Å². The molecule has 1 amide bonds. The maximum Gasteiger partial charge on any atom is 0.254 e. The van der Waals surface area contributed by atoms with E-state index in [0.29, 0.717) is 36.6 Å². The number of anilines is 1. The summed E-state index contributed by atoms with van der Waals surface area (Å²) in [6.07, 6.45) is 1.25. The summed E-state index contributed by atoms with van der Waals surface area (Å²) in [5, 5.41) is 3.31. The van der Waals surface area contributed by atoms with Crippen LogP contribution < -0.4 is 5.32 Å². The number of carbonyl (C=O) groups is 1. The van der Waals surface area contributed by atoms with Gasteiger partial charge in [-0.2, -0.15) is 0 Å². The Morgan fingerprint density at radius 2 is 1.97 bits per heavy atom. The molecule has 1 N–H and O–H groups in total. The largest absolute Gasteiger partial charge is 0.363 e. The topological polar surface area (TPSA) is 48.5 Å². The minimum Gasteiger partial charge on any atom is -0.363 e. The van der Waals surface area contributed by atoms with Crippen LogP contribution in [-0.4, -0.2) is 46.2 Å². The Bertz CT molecular complexity index is 971. The number of rotatable bonds is 6. The van der Waals surface area contributed by atoms with Crippen LogP contribution >= 0.6 is 0 Å². The van der Waals surface area contributed by atoms with Crippen LogP contribution in [0, 0.1) is 5.82 Å². The van der Waals surface area contributed by atoms with Gasteiger partial charge in [0.1, 0.15) is 11.6 Å². The van der Waals surface area contributed by atoms with Gasteiger partial charge in [-0.25, -0.2) is 18.2 Å². The summed E-state index contributed by atoms with van der Waals surface area (Å²) >= 11 is 0. The van der Waals surface area contributed by atoms with Crippen LogP contribution in [0.4, 0.5) is 19.0 Å². The summed E-state index contributed by atoms with van der Waals surface area (Å²) in [5.74, 6) is -2.32. The van der Waals surface area contributed by atoms with Gasteiger partial charge in [0.15, 0.2) is 0 Å². The fourth-order valence-corrected chi connectivity index (χ4v) is 4.19. The highest BCUT2D eigenvalue weighted by molar-refractivity contribution is 5.99. The minimum atomic E-state index is -2.61. The molecule has 1 saturated heterocycles. The van der Waals surface area contributed by atoms with Gasteiger partial charge in [-0.05, 0) is 31.5 Å². The molecule has 2 aliphatic heterocycles. The lowest BCUT2D eigenvalue weighted by Gasteiger charge is -2.31. The summed E-state index contributed by atoms with van der Waals surface area (Å²) in [6.45, 7) is 5.85. The average molecular weight is 432 g/mol. The number of likely N-dealkylation sites (tertiary alicyclic amines) is 1. The lowest BCUT2D eigenvalue weighted by atomic mass is 10.0. The molecule has 0 aliphatic carbocycles. The molecule has 0 saturated carbocycles. The molecule has 1 atom stereocenters. The van der Waals surface area contributed by atoms with Crippen molar-refractivity contribution in [1.29, 1.82) is 0 Å². The van der Waals surface area contributed by atoms with E-state index in [1.807, 2.05) is 24.8 Å². The number of hydrogen-bond acceptors (Lipinski definition) is 4. The maximum absolute atomic E-state index is 14.8. The van der Waals surface area contributed by atoms with Crippen LogP contribution in [-0.2, 0) is 13.1 Å². The Morgan fingerprint density at radius 1 is 1.23 bits per heavy atom. The normalized spacial score (nSPS) is 19.4. The van der Waals surface area contributed by atoms with Gasteiger partial charge in [-0.1, -0.05) is 12.1 Å². The zero-order valence-corrected chi connectivity index (χ0v) is 17.8. The maximum atomic E-state index is 14.8. The molecule has 5 nitrogen and oxygen atoms in total. The van der Waals surface area contributed by atoms with Crippen molar-refractivity contribution in [1.82, 2.24) is 14.8 Å². The van der Waals surface area contributed by atoms with Gasteiger partial charge in [-0.3, -0.25) is 9.69 Å². The van der Waals surface area contributed by atoms with E-state index in [1.54, 1.807) is 23.2 Å². The van der Waals surface area contributed by atoms with Crippen LogP contribution in [0.2, 0.25) is 0 Å². The third-order valence-electron chi connectivity index (χ3n) is 6.22. The predicted molar refractivity (Wildman–Crippen MR) is 113 cm³/mol. The van der Waals surface area contributed by atoms with Crippen LogP contribution in [0.1, 0.15) is 59.8 Å². The highest BCUT2D eigenvalue weighted by atomic mass is 19.3. The Balaban J connectivity index is 1.44. The molecular weight excluding hydrogens is 405 g/mol. The zero-order chi connectivity index (χ0) is 22.2. The molecule has 4 rings (SSSR count). The average Bonchev–Trinajstić information content (AvgIpc) is 3.07. The monoisotopic (exact) mass is 432 g/mol. The molecule has 0 bridgehead atoms. The summed E-state index contributed by atoms with van der Waals surface area (Å²) in [5.41, 5.74) is 2.77. The van der Waals surface area contributed by atoms with Crippen LogP contribution in [0.15, 0.2) is 30.5 Å². The number of nitrogens with zero attached hydrogens (tertiary/aromatic N) is 3. The summed E-state index contributed by atoms with van der Waals surface area (Å²) in [7, 11) is 0. The lowest BCUT2D eigenvalue weighted by Crippen LogP contribution is -2.39. The Labute approximate surface area is 180 Å². The van der Waals surface area contributed by atoms with Crippen molar-refractivity contribution in [2.45, 2.75) is 51.7 Å². The number of hydrogen-bond donors (Lipinski definition) is 1. The van der Waals surface area contributed by atoms with Crippen molar-refractivity contribution in [2.75, 3.05) is 25.0 Å². The molecule has 0 radical (unpaired) electrons. The number of amides is 1. The van der Waals surface area contributed by atoms with Crippen LogP contribution in [0.3, 0.4) is 0 Å². The first-order valence-corrected chi connectivity index (χ1v) is 10.7. The Morgan fingerprint density at radius 3 is 2.65 bits per heavy atom. The van der Waals surface area contributed by atoms with E-state index in [2.05, 4.69) is 10.3 Å². The first kappa shape index (κ1) is 21.6. The van der Waals surface area contributed by atoms with E-state index in [9.17, 15) is 18.0 Å². The molecule has 1 unspecified atom stereocenters. The second-order valence-electron chi connectivity index (χ2n) is 8.35. The minimum absolute atomic E-state index is 0.00137. The molecule has 1 aromatic carbocycles. The van der Waals surface area contributed by atoms with E-state index in [4.69, 9.17) is 0 Å². The smallest absolute Gasteiger partial charge is 0.254 e. The van der Waals surface area contributed by atoms with Crippen LogP contribution in [0.25, 0.3) is 0 Å². The van der Waals surface area contributed by atoms with E-state index in [-0.39, 0.29) is 43.7 Å². The number of aromatic nitrogens is 1. The SMILES string of the molecule is CCN1Cc2c(ccnc2NC(C)c2ccc(CN3CCC(F)(F)CC3)c(F)c2)C1=O. The number of carbonyl (C=O) groups excluding carboxylic acids is 1. The van der Waals surface area contributed by atoms with E-state index in [1.165, 1.54) is 6.07 Å². The number of nitrogens with one attached hydrogen (secondary N) is 1. The van der Waals surface area contributed by atoms with Crippen LogP contribution in [0.5, 0.6) is 0 Å². The quantitative estimate of drug-likeness (QED) is 0.725. The highest BCUT2D eigenvalue weighted by Crippen LogP contribution is 2.31. The number of piperidine rings is 1. The molecule has 166 valence electrons. The summed E-state index contributed by atoms with van der Waals surface area (Å²) in [4.78, 5) is 20.4. The second-order valence-corrected chi connectivity index (χ2v) is 8.35. The molecule has 3 heterocycles. The Kier molecular flexibility index (Phi) is 5.92. The predicted octanol–water partition coefficient (Wildman–Crippen LogP) is 4.60. The van der Waals surface area contributed by atoms with Crippen molar-refractivity contribution >= 4 is 11.7 Å². The number of fused-ring (bicyclic) bond motifs is 1. The van der Waals surface area contributed by atoms with E-state index < -0.39 is 5.92 Å². The molecule has 2 aromatic rings. The third-order valence-corrected chi connectivity index (χ3v) is 6.22. The summed E-state index contributed by atoms with van der Waals surface area (Å²) in [6, 6.07) is 6.57. The summed E-state index contributed by atoms with van der Waals surface area (Å²) < 4.78 is 41.4. The fourth-order valence-electron chi connectivity index (χ4n) is 4.19. The van der Waals surface area contributed by atoms with Gasteiger partial charge in [0.25, 0.3) is 11.8 Å². The molecule has 8 heteroatoms. The van der Waals surface area contributed by atoms with Gasteiger partial charge in [-0.15, -0.1) is 0 Å². The molecule has 31 heavy (non-hydrogen) atoms. The third kappa shape index (κ3) is 4.54. The Hall–Kier alpha value is -2.61. The fraction of sp³-hybridized carbons (Fsp3) is 0.478. The van der Waals surface area contributed by atoms with Gasteiger partial charge in [0.2, 0.25) is 0 Å². The second kappa shape index (κ2) is 8.49. The lowest BCUT2D eigenvalue weighted by molar-refractivity contribution is -0.0567. The van der Waals surface area contributed by atoms with Crippen molar-refractivity contribution in [3.05, 3.63) is 58.5 Å². The number of alkyl halides is 2.